The molecule has 0 unspecified atom stereocenters. The van der Waals surface area contributed by atoms with Gasteiger partial charge in [0.25, 0.3) is 0 Å². The van der Waals surface area contributed by atoms with Crippen LogP contribution in [0.5, 0.6) is 11.5 Å². The van der Waals surface area contributed by atoms with Gasteiger partial charge >= 0.3 is 0 Å². The molecule has 4 rings (SSSR count). The summed E-state index contributed by atoms with van der Waals surface area (Å²) in [7, 11) is 0. The summed E-state index contributed by atoms with van der Waals surface area (Å²) in [5, 5.41) is 0. The van der Waals surface area contributed by atoms with Crippen LogP contribution in [0, 0.1) is 40.8 Å². The highest BCUT2D eigenvalue weighted by Gasteiger charge is 2.28. The van der Waals surface area contributed by atoms with E-state index in [2.05, 4.69) is 0 Å². The smallest absolute Gasteiger partial charge is 0.201 e. The van der Waals surface area contributed by atoms with E-state index in [1.807, 2.05) is 19.1 Å². The Balaban J connectivity index is 1.38. The molecule has 0 aliphatic heterocycles. The fourth-order valence-corrected chi connectivity index (χ4v) is 5.22. The fraction of sp³-hybridized carbons (Fsp3) is 0.375. The predicted octanol–water partition coefficient (Wildman–Crippen LogP) is 9.45. The molecule has 1 fully saturated rings. The number of hydrogen-bond donors (Lipinski definition) is 0. The van der Waals surface area contributed by atoms with E-state index in [0.717, 1.165) is 6.07 Å². The summed E-state index contributed by atoms with van der Waals surface area (Å²) in [4.78, 5) is 0. The summed E-state index contributed by atoms with van der Waals surface area (Å²) in [6, 6.07) is 8.00. The van der Waals surface area contributed by atoms with Crippen molar-refractivity contribution in [3.05, 3.63) is 94.6 Å². The molecule has 214 valence electrons. The Morgan fingerprint density at radius 1 is 0.700 bits per heavy atom. The summed E-state index contributed by atoms with van der Waals surface area (Å²) in [6.45, 7) is 3.79. The van der Waals surface area contributed by atoms with E-state index in [9.17, 15) is 17.6 Å². The van der Waals surface area contributed by atoms with Crippen molar-refractivity contribution in [2.75, 3.05) is 13.2 Å². The lowest BCUT2D eigenvalue weighted by Gasteiger charge is -2.29. The third-order valence-corrected chi connectivity index (χ3v) is 7.45. The van der Waals surface area contributed by atoms with E-state index in [-0.39, 0.29) is 53.2 Å². The molecule has 0 heterocycles. The molecule has 0 radical (unpaired) electrons. The van der Waals surface area contributed by atoms with Crippen molar-refractivity contribution in [3.63, 3.8) is 0 Å². The summed E-state index contributed by atoms with van der Waals surface area (Å²) in [5.74, 6) is -7.47. The molecule has 3 aromatic carbocycles. The molecular formula is C32H32F6O2. The lowest BCUT2D eigenvalue weighted by Crippen LogP contribution is -2.20. The van der Waals surface area contributed by atoms with Crippen LogP contribution in [0.4, 0.5) is 26.3 Å². The van der Waals surface area contributed by atoms with Crippen LogP contribution < -0.4 is 9.47 Å². The van der Waals surface area contributed by atoms with Crippen molar-refractivity contribution in [3.8, 4) is 22.6 Å². The monoisotopic (exact) mass is 562 g/mol. The van der Waals surface area contributed by atoms with Gasteiger partial charge in [0.05, 0.1) is 13.2 Å². The fourth-order valence-electron chi connectivity index (χ4n) is 5.22. The Hall–Kier alpha value is -3.42. The maximum absolute atomic E-state index is 15.1. The number of halogens is 6. The molecule has 1 aliphatic rings. The number of ether oxygens (including phenoxy) is 2. The highest BCUT2D eigenvalue weighted by atomic mass is 19.2. The SMILES string of the molecule is C/C=C/CCc1ccc(OCC2CCC(c3ccc(-c4ccc(OCC)c(F)c4F)c(F)c3F)CC2)c(F)c1F. The molecule has 0 amide bonds. The van der Waals surface area contributed by atoms with E-state index in [4.69, 9.17) is 9.47 Å². The van der Waals surface area contributed by atoms with Crippen LogP contribution in [0.1, 0.15) is 63.0 Å². The minimum Gasteiger partial charge on any atom is -0.491 e. The van der Waals surface area contributed by atoms with Gasteiger partial charge in [-0.05, 0) is 93.5 Å². The maximum Gasteiger partial charge on any atom is 0.201 e. The Morgan fingerprint density at radius 3 is 1.98 bits per heavy atom. The largest absolute Gasteiger partial charge is 0.491 e. The molecular weight excluding hydrogens is 530 g/mol. The molecule has 0 aromatic heterocycles. The molecule has 0 spiro atoms. The van der Waals surface area contributed by atoms with Gasteiger partial charge < -0.3 is 9.47 Å². The maximum atomic E-state index is 15.1. The Labute approximate surface area is 230 Å². The predicted molar refractivity (Wildman–Crippen MR) is 143 cm³/mol. The first kappa shape index (κ1) is 29.6. The molecule has 8 heteroatoms. The third-order valence-electron chi connectivity index (χ3n) is 7.45. The van der Waals surface area contributed by atoms with Crippen molar-refractivity contribution in [1.82, 2.24) is 0 Å². The normalized spacial score (nSPS) is 17.4. The average molecular weight is 563 g/mol. The Morgan fingerprint density at radius 2 is 1.30 bits per heavy atom. The van der Waals surface area contributed by atoms with Crippen LogP contribution in [0.2, 0.25) is 0 Å². The summed E-state index contributed by atoms with van der Waals surface area (Å²) in [6.07, 6.45) is 7.06. The first-order chi connectivity index (χ1) is 19.3. The summed E-state index contributed by atoms with van der Waals surface area (Å²) >= 11 is 0. The standard InChI is InChI=1S/C32H32F6O2/c1-3-5-6-7-21-12-16-26(31(37)27(21)33)40-18-19-8-10-20(11-9-19)22-13-14-23(29(35)28(22)34)24-15-17-25(39-4-2)32(38)30(24)36/h3,5,12-17,19-20H,4,6-11,18H2,1-2H3/b5-3+. The molecule has 40 heavy (non-hydrogen) atoms. The molecule has 1 saturated carbocycles. The lowest BCUT2D eigenvalue weighted by atomic mass is 9.78. The van der Waals surface area contributed by atoms with Crippen LogP contribution in [0.15, 0.2) is 48.6 Å². The lowest BCUT2D eigenvalue weighted by molar-refractivity contribution is 0.191. The second-order valence-electron chi connectivity index (χ2n) is 9.99. The zero-order chi connectivity index (χ0) is 28.8. The van der Waals surface area contributed by atoms with Crippen molar-refractivity contribution in [1.29, 1.82) is 0 Å². The summed E-state index contributed by atoms with van der Waals surface area (Å²) in [5.41, 5.74) is -0.294. The van der Waals surface area contributed by atoms with Gasteiger partial charge in [0.2, 0.25) is 11.6 Å². The Bertz CT molecular complexity index is 1360. The van der Waals surface area contributed by atoms with Crippen molar-refractivity contribution in [2.24, 2.45) is 5.92 Å². The van der Waals surface area contributed by atoms with Crippen molar-refractivity contribution < 1.29 is 35.8 Å². The van der Waals surface area contributed by atoms with Gasteiger partial charge in [-0.3, -0.25) is 0 Å². The summed E-state index contributed by atoms with van der Waals surface area (Å²) < 4.78 is 98.6. The van der Waals surface area contributed by atoms with Gasteiger partial charge in [-0.1, -0.05) is 30.4 Å². The second-order valence-corrected chi connectivity index (χ2v) is 9.99. The molecule has 0 bridgehead atoms. The minimum absolute atomic E-state index is 0.0428. The van der Waals surface area contributed by atoms with Gasteiger partial charge in [-0.25, -0.2) is 17.6 Å². The average Bonchev–Trinajstić information content (AvgIpc) is 2.96. The van der Waals surface area contributed by atoms with Crippen molar-refractivity contribution in [2.45, 2.75) is 58.3 Å². The van der Waals surface area contributed by atoms with E-state index >= 15 is 8.78 Å². The number of hydrogen-bond acceptors (Lipinski definition) is 2. The Kier molecular flexibility index (Phi) is 9.82. The highest BCUT2D eigenvalue weighted by molar-refractivity contribution is 5.66. The van der Waals surface area contributed by atoms with Gasteiger partial charge in [-0.15, -0.1) is 0 Å². The minimum atomic E-state index is -1.31. The van der Waals surface area contributed by atoms with Gasteiger partial charge in [0.15, 0.2) is 34.8 Å². The molecule has 0 saturated heterocycles. The first-order valence-corrected chi connectivity index (χ1v) is 13.6. The van der Waals surface area contributed by atoms with Gasteiger partial charge in [0, 0.05) is 11.1 Å². The van der Waals surface area contributed by atoms with Gasteiger partial charge in [-0.2, -0.15) is 8.78 Å². The van der Waals surface area contributed by atoms with Gasteiger partial charge in [0.1, 0.15) is 0 Å². The molecule has 0 N–H and O–H groups in total. The molecule has 2 nitrogen and oxygen atoms in total. The van der Waals surface area contributed by atoms with Crippen LogP contribution in [-0.2, 0) is 6.42 Å². The molecule has 0 atom stereocenters. The number of aryl methyl sites for hydroxylation is 1. The quantitative estimate of drug-likeness (QED) is 0.181. The zero-order valence-corrected chi connectivity index (χ0v) is 22.5. The van der Waals surface area contributed by atoms with Crippen LogP contribution >= 0.6 is 0 Å². The third kappa shape index (κ3) is 6.31. The molecule has 3 aromatic rings. The first-order valence-electron chi connectivity index (χ1n) is 13.6. The van der Waals surface area contributed by atoms with E-state index in [0.29, 0.717) is 44.1 Å². The second kappa shape index (κ2) is 13.3. The number of rotatable bonds is 10. The van der Waals surface area contributed by atoms with Crippen LogP contribution in [-0.4, -0.2) is 13.2 Å². The van der Waals surface area contributed by atoms with Crippen molar-refractivity contribution >= 4 is 0 Å². The van der Waals surface area contributed by atoms with Crippen LogP contribution in [0.3, 0.4) is 0 Å². The van der Waals surface area contributed by atoms with Crippen LogP contribution in [0.25, 0.3) is 11.1 Å². The number of allylic oxidation sites excluding steroid dienone is 2. The zero-order valence-electron chi connectivity index (χ0n) is 22.5. The van der Waals surface area contributed by atoms with E-state index in [1.54, 1.807) is 6.92 Å². The van der Waals surface area contributed by atoms with E-state index in [1.165, 1.54) is 30.3 Å². The molecule has 1 aliphatic carbocycles. The van der Waals surface area contributed by atoms with E-state index < -0.39 is 34.9 Å². The topological polar surface area (TPSA) is 18.5 Å². The number of benzene rings is 3. The highest BCUT2D eigenvalue weighted by Crippen LogP contribution is 2.40.